The van der Waals surface area contributed by atoms with Crippen LogP contribution in [0.15, 0.2) is 30.3 Å². The maximum Gasteiger partial charge on any atom is 0.322 e. The maximum atomic E-state index is 12.3. The fourth-order valence-electron chi connectivity index (χ4n) is 2.62. The van der Waals surface area contributed by atoms with Crippen LogP contribution in [-0.4, -0.2) is 50.2 Å². The molecule has 1 aliphatic rings. The van der Waals surface area contributed by atoms with Gasteiger partial charge in [-0.25, -0.2) is 22.9 Å². The molecular weight excluding hydrogens is 376 g/mol. The van der Waals surface area contributed by atoms with Gasteiger partial charge in [0.1, 0.15) is 11.7 Å². The third-order valence-electron chi connectivity index (χ3n) is 3.91. The Morgan fingerprint density at radius 2 is 2.04 bits per heavy atom. The zero-order chi connectivity index (χ0) is 19.6. The van der Waals surface area contributed by atoms with Gasteiger partial charge in [0.05, 0.1) is 12.9 Å². The largest absolute Gasteiger partial charge is 0.481 e. The van der Waals surface area contributed by atoms with Crippen LogP contribution in [0.3, 0.4) is 0 Å². The summed E-state index contributed by atoms with van der Waals surface area (Å²) >= 11 is 0. The van der Waals surface area contributed by atoms with E-state index in [9.17, 15) is 22.8 Å². The van der Waals surface area contributed by atoms with Crippen LogP contribution < -0.4 is 20.1 Å². The average molecular weight is 392 g/mol. The Hall–Kier alpha value is -3.21. The molecule has 4 amide bonds. The Morgan fingerprint density at radius 1 is 1.30 bits per heavy atom. The lowest BCUT2D eigenvalue weighted by molar-refractivity contribution is -0.120. The predicted molar refractivity (Wildman–Crippen MR) is 94.6 cm³/mol. The van der Waals surface area contributed by atoms with Crippen molar-refractivity contribution in [2.45, 2.75) is 12.5 Å². The molecule has 1 aromatic carbocycles. The summed E-state index contributed by atoms with van der Waals surface area (Å²) in [6, 6.07) is 6.87. The first kappa shape index (κ1) is 18.6. The standard InChI is InChI=1S/C16H16N4O6S/c1-26-15-10-5-3-2-4-9(10)8-12(17-15)14(22)20-27(24,25)7-6-11-13(21)19-16(23)18-11/h2-5,8,11H,6-7H2,1H3,(H,20,22)(H2,18,19,21,23). The number of sulfonamides is 1. The van der Waals surface area contributed by atoms with Crippen molar-refractivity contribution < 1.29 is 27.5 Å². The molecule has 1 aromatic heterocycles. The number of rotatable bonds is 6. The van der Waals surface area contributed by atoms with Gasteiger partial charge < -0.3 is 10.1 Å². The van der Waals surface area contributed by atoms with Gasteiger partial charge in [0, 0.05) is 5.39 Å². The Morgan fingerprint density at radius 3 is 2.70 bits per heavy atom. The summed E-state index contributed by atoms with van der Waals surface area (Å²) < 4.78 is 31.4. The molecule has 0 radical (unpaired) electrons. The number of aromatic nitrogens is 1. The summed E-state index contributed by atoms with van der Waals surface area (Å²) in [6.45, 7) is 0. The molecule has 1 unspecified atom stereocenters. The van der Waals surface area contributed by atoms with Crippen molar-refractivity contribution in [2.75, 3.05) is 12.9 Å². The van der Waals surface area contributed by atoms with Gasteiger partial charge in [-0.05, 0) is 23.9 Å². The summed E-state index contributed by atoms with van der Waals surface area (Å²) in [5, 5.41) is 5.64. The number of fused-ring (bicyclic) bond motifs is 1. The predicted octanol–water partition coefficient (Wildman–Crippen LogP) is -0.0989. The highest BCUT2D eigenvalue weighted by molar-refractivity contribution is 7.90. The van der Waals surface area contributed by atoms with Crippen molar-refractivity contribution in [1.29, 1.82) is 0 Å². The minimum Gasteiger partial charge on any atom is -0.481 e. The normalized spacial score (nSPS) is 16.7. The number of carbonyl (C=O) groups is 3. The van der Waals surface area contributed by atoms with Gasteiger partial charge in [0.25, 0.3) is 11.8 Å². The Balaban J connectivity index is 1.73. The van der Waals surface area contributed by atoms with Crippen LogP contribution >= 0.6 is 0 Å². The number of nitrogens with one attached hydrogen (secondary N) is 3. The van der Waals surface area contributed by atoms with Gasteiger partial charge in [-0.2, -0.15) is 0 Å². The SMILES string of the molecule is COc1nc(C(=O)NS(=O)(=O)CCC2NC(=O)NC2=O)cc2ccccc12. The zero-order valence-electron chi connectivity index (χ0n) is 14.2. The third-order valence-corrected chi connectivity index (χ3v) is 5.18. The number of pyridine rings is 1. The first-order valence-corrected chi connectivity index (χ1v) is 9.54. The number of benzene rings is 1. The highest BCUT2D eigenvalue weighted by atomic mass is 32.2. The maximum absolute atomic E-state index is 12.3. The number of amides is 4. The molecule has 27 heavy (non-hydrogen) atoms. The minimum absolute atomic E-state index is 0.124. The first-order chi connectivity index (χ1) is 12.8. The molecule has 1 fully saturated rings. The molecule has 10 nitrogen and oxygen atoms in total. The molecule has 142 valence electrons. The van der Waals surface area contributed by atoms with E-state index in [1.54, 1.807) is 24.3 Å². The van der Waals surface area contributed by atoms with Crippen molar-refractivity contribution in [3.05, 3.63) is 36.0 Å². The molecule has 1 aliphatic heterocycles. The van der Waals surface area contributed by atoms with E-state index in [0.717, 1.165) is 0 Å². The van der Waals surface area contributed by atoms with Crippen molar-refractivity contribution >= 4 is 38.6 Å². The van der Waals surface area contributed by atoms with E-state index in [1.165, 1.54) is 13.2 Å². The zero-order valence-corrected chi connectivity index (χ0v) is 15.0. The van der Waals surface area contributed by atoms with Gasteiger partial charge in [-0.3, -0.25) is 14.9 Å². The number of ether oxygens (including phenoxy) is 1. The second-order valence-electron chi connectivity index (χ2n) is 5.79. The number of hydrogen-bond donors (Lipinski definition) is 3. The van der Waals surface area contributed by atoms with E-state index in [0.29, 0.717) is 10.8 Å². The minimum atomic E-state index is -4.04. The lowest BCUT2D eigenvalue weighted by Crippen LogP contribution is -2.37. The smallest absolute Gasteiger partial charge is 0.322 e. The molecule has 1 saturated heterocycles. The Bertz CT molecular complexity index is 1040. The summed E-state index contributed by atoms with van der Waals surface area (Å²) in [4.78, 5) is 38.8. The number of hydrogen-bond acceptors (Lipinski definition) is 7. The summed E-state index contributed by atoms with van der Waals surface area (Å²) in [5.41, 5.74) is -0.124. The van der Waals surface area contributed by atoms with Crippen LogP contribution in [0.25, 0.3) is 10.8 Å². The lowest BCUT2D eigenvalue weighted by Gasteiger charge is -2.10. The molecule has 3 rings (SSSR count). The molecular formula is C16H16N4O6S. The van der Waals surface area contributed by atoms with Crippen molar-refractivity contribution in [3.8, 4) is 5.88 Å². The quantitative estimate of drug-likeness (QED) is 0.582. The topological polar surface area (TPSA) is 144 Å². The van der Waals surface area contributed by atoms with E-state index in [2.05, 4.69) is 10.3 Å². The fourth-order valence-corrected chi connectivity index (χ4v) is 3.65. The number of nitrogens with zero attached hydrogens (tertiary/aromatic N) is 1. The summed E-state index contributed by atoms with van der Waals surface area (Å²) in [5.74, 6) is -1.86. The third kappa shape index (κ3) is 4.14. The molecule has 0 saturated carbocycles. The second-order valence-corrected chi connectivity index (χ2v) is 7.63. The van der Waals surface area contributed by atoms with E-state index < -0.39 is 39.7 Å². The number of urea groups is 1. The highest BCUT2D eigenvalue weighted by Gasteiger charge is 2.31. The van der Waals surface area contributed by atoms with Crippen LogP contribution in [0.4, 0.5) is 4.79 Å². The van der Waals surface area contributed by atoms with Gasteiger partial charge in [0.2, 0.25) is 15.9 Å². The van der Waals surface area contributed by atoms with E-state index in [1.807, 2.05) is 10.0 Å². The molecule has 1 atom stereocenters. The number of methoxy groups -OCH3 is 1. The van der Waals surface area contributed by atoms with Gasteiger partial charge in [-0.1, -0.05) is 18.2 Å². The number of carbonyl (C=O) groups excluding carboxylic acids is 3. The highest BCUT2D eigenvalue weighted by Crippen LogP contribution is 2.24. The first-order valence-electron chi connectivity index (χ1n) is 7.89. The monoisotopic (exact) mass is 392 g/mol. The molecule has 0 spiro atoms. The van der Waals surface area contributed by atoms with Crippen LogP contribution in [0, 0.1) is 0 Å². The van der Waals surface area contributed by atoms with Gasteiger partial charge in [0.15, 0.2) is 0 Å². The Kier molecular flexibility index (Phi) is 4.95. The van der Waals surface area contributed by atoms with Crippen molar-refractivity contribution in [1.82, 2.24) is 20.3 Å². The molecule has 0 bridgehead atoms. The summed E-state index contributed by atoms with van der Waals surface area (Å²) in [7, 11) is -2.64. The second kappa shape index (κ2) is 7.19. The lowest BCUT2D eigenvalue weighted by atomic mass is 10.1. The molecule has 2 aromatic rings. The number of imide groups is 1. The molecule has 2 heterocycles. The molecule has 3 N–H and O–H groups in total. The van der Waals surface area contributed by atoms with Gasteiger partial charge in [-0.15, -0.1) is 0 Å². The van der Waals surface area contributed by atoms with E-state index >= 15 is 0 Å². The van der Waals surface area contributed by atoms with E-state index in [4.69, 9.17) is 4.74 Å². The summed E-state index contributed by atoms with van der Waals surface area (Å²) in [6.07, 6.45) is -0.172. The van der Waals surface area contributed by atoms with Crippen LogP contribution in [-0.2, 0) is 14.8 Å². The Labute approximate surface area is 154 Å². The average Bonchev–Trinajstić information content (AvgIpc) is 2.96. The van der Waals surface area contributed by atoms with Crippen LogP contribution in [0.2, 0.25) is 0 Å². The van der Waals surface area contributed by atoms with Gasteiger partial charge >= 0.3 is 6.03 Å². The van der Waals surface area contributed by atoms with Crippen molar-refractivity contribution in [2.24, 2.45) is 0 Å². The molecule has 0 aliphatic carbocycles. The van der Waals surface area contributed by atoms with E-state index in [-0.39, 0.29) is 18.0 Å². The molecule has 11 heteroatoms. The van der Waals surface area contributed by atoms with Crippen LogP contribution in [0.1, 0.15) is 16.9 Å². The van der Waals surface area contributed by atoms with Crippen molar-refractivity contribution in [3.63, 3.8) is 0 Å². The fraction of sp³-hybridized carbons (Fsp3) is 0.250. The van der Waals surface area contributed by atoms with Crippen LogP contribution in [0.5, 0.6) is 5.88 Å².